The molecule has 5 heteroatoms. The van der Waals surface area contributed by atoms with Gasteiger partial charge in [-0.3, -0.25) is 0 Å². The minimum absolute atomic E-state index is 0.178. The Bertz CT molecular complexity index is 202. The van der Waals surface area contributed by atoms with Crippen LogP contribution in [0.15, 0.2) is 0 Å². The Morgan fingerprint density at radius 2 is 2.00 bits per heavy atom. The van der Waals surface area contributed by atoms with Gasteiger partial charge in [0.15, 0.2) is 0 Å². The molecule has 1 aliphatic rings. The molecule has 0 aromatic heterocycles. The zero-order valence-corrected chi connectivity index (χ0v) is 7.53. The van der Waals surface area contributed by atoms with E-state index in [0.717, 1.165) is 0 Å². The minimum atomic E-state index is -2.17. The van der Waals surface area contributed by atoms with Gasteiger partial charge in [0.1, 0.15) is 5.60 Å². The Labute approximate surface area is 76.0 Å². The molecule has 1 rings (SSSR count). The fourth-order valence-corrected chi connectivity index (χ4v) is 1.49. The summed E-state index contributed by atoms with van der Waals surface area (Å²) in [5.74, 6) is -1.58. The highest BCUT2D eigenvalue weighted by Crippen LogP contribution is 2.27. The maximum atomic E-state index is 13.1. The molecule has 13 heavy (non-hydrogen) atoms. The summed E-state index contributed by atoms with van der Waals surface area (Å²) in [6, 6.07) is 0. The first-order chi connectivity index (χ1) is 5.96. The topological polar surface area (TPSA) is 60.8 Å². The molecule has 1 fully saturated rings. The Hall–Kier alpha value is -0.680. The van der Waals surface area contributed by atoms with Crippen LogP contribution >= 0.6 is 0 Å². The lowest BCUT2D eigenvalue weighted by Gasteiger charge is -2.36. The average Bonchev–Trinajstić information content (AvgIpc) is 2.09. The van der Waals surface area contributed by atoms with Crippen LogP contribution in [-0.2, 0) is 4.79 Å². The fourth-order valence-electron chi connectivity index (χ4n) is 1.49. The van der Waals surface area contributed by atoms with Crippen LogP contribution in [0.5, 0.6) is 0 Å². The summed E-state index contributed by atoms with van der Waals surface area (Å²) >= 11 is 0. The molecular weight excluding hydrogens is 177 g/mol. The third-order valence-electron chi connectivity index (χ3n) is 2.54. The molecule has 0 radical (unpaired) electrons. The number of carbonyl (C=O) groups is 1. The van der Waals surface area contributed by atoms with Crippen LogP contribution in [0.25, 0.3) is 0 Å². The number of likely N-dealkylation sites (tertiary alicyclic amines) is 1. The molecule has 0 aromatic carbocycles. The summed E-state index contributed by atoms with van der Waals surface area (Å²) < 4.78 is 13.1. The van der Waals surface area contributed by atoms with E-state index in [1.165, 1.54) is 0 Å². The van der Waals surface area contributed by atoms with Gasteiger partial charge in [-0.1, -0.05) is 0 Å². The number of halogens is 1. The van der Waals surface area contributed by atoms with Crippen molar-refractivity contribution < 1.29 is 19.4 Å². The monoisotopic (exact) mass is 191 g/mol. The van der Waals surface area contributed by atoms with Crippen molar-refractivity contribution in [2.75, 3.05) is 20.1 Å². The zero-order valence-electron chi connectivity index (χ0n) is 7.53. The number of piperidine rings is 1. The molecule has 0 bridgehead atoms. The summed E-state index contributed by atoms with van der Waals surface area (Å²) in [4.78, 5) is 12.3. The van der Waals surface area contributed by atoms with E-state index in [2.05, 4.69) is 0 Å². The number of aliphatic carboxylic acids is 1. The van der Waals surface area contributed by atoms with Crippen LogP contribution in [0.3, 0.4) is 0 Å². The third kappa shape index (κ3) is 2.16. The third-order valence-corrected chi connectivity index (χ3v) is 2.54. The Kier molecular flexibility index (Phi) is 2.87. The van der Waals surface area contributed by atoms with Crippen LogP contribution in [0.2, 0.25) is 0 Å². The van der Waals surface area contributed by atoms with Crippen molar-refractivity contribution >= 4 is 5.97 Å². The van der Waals surface area contributed by atoms with E-state index in [0.29, 0.717) is 13.1 Å². The lowest BCUT2D eigenvalue weighted by Crippen LogP contribution is -2.51. The average molecular weight is 191 g/mol. The van der Waals surface area contributed by atoms with E-state index in [4.69, 9.17) is 5.11 Å². The highest BCUT2D eigenvalue weighted by molar-refractivity contribution is 5.73. The number of carboxylic acid groups (broad SMARTS) is 1. The van der Waals surface area contributed by atoms with Gasteiger partial charge in [0.25, 0.3) is 0 Å². The highest BCUT2D eigenvalue weighted by atomic mass is 19.1. The minimum Gasteiger partial charge on any atom is -0.479 e. The van der Waals surface area contributed by atoms with E-state index in [-0.39, 0.29) is 12.8 Å². The van der Waals surface area contributed by atoms with Crippen LogP contribution in [-0.4, -0.2) is 53.0 Å². The van der Waals surface area contributed by atoms with E-state index in [1.807, 2.05) is 11.9 Å². The second-order valence-electron chi connectivity index (χ2n) is 3.61. The first-order valence-corrected chi connectivity index (χ1v) is 4.23. The molecule has 1 atom stereocenters. The molecule has 1 saturated heterocycles. The van der Waals surface area contributed by atoms with Crippen molar-refractivity contribution in [3.8, 4) is 0 Å². The number of carboxylic acids is 1. The number of nitrogens with zero attached hydrogens (tertiary/aromatic N) is 1. The standard InChI is InChI=1S/C8H14FNO3/c1-10-4-2-8(13,3-5-10)6(9)7(11)12/h6,13H,2-5H2,1H3,(H,11,12). The predicted octanol–water partition coefficient (Wildman–Crippen LogP) is -0.134. The van der Waals surface area contributed by atoms with Crippen molar-refractivity contribution in [2.24, 2.45) is 0 Å². The summed E-state index contributed by atoms with van der Waals surface area (Å²) in [5, 5.41) is 18.1. The van der Waals surface area contributed by atoms with Gasteiger partial charge < -0.3 is 15.1 Å². The summed E-state index contributed by atoms with van der Waals surface area (Å²) in [7, 11) is 1.85. The Balaban J connectivity index is 2.61. The van der Waals surface area contributed by atoms with Gasteiger partial charge >= 0.3 is 5.97 Å². The number of rotatable bonds is 2. The second kappa shape index (κ2) is 3.59. The first kappa shape index (κ1) is 10.4. The number of alkyl halides is 1. The molecule has 0 spiro atoms. The van der Waals surface area contributed by atoms with Crippen molar-refractivity contribution in [3.05, 3.63) is 0 Å². The molecule has 0 amide bonds. The van der Waals surface area contributed by atoms with E-state index in [1.54, 1.807) is 0 Å². The molecule has 0 saturated carbocycles. The summed E-state index contributed by atoms with van der Waals surface area (Å²) in [5.41, 5.74) is -1.67. The van der Waals surface area contributed by atoms with Gasteiger partial charge in [0.05, 0.1) is 0 Å². The second-order valence-corrected chi connectivity index (χ2v) is 3.61. The van der Waals surface area contributed by atoms with Gasteiger partial charge in [-0.15, -0.1) is 0 Å². The van der Waals surface area contributed by atoms with E-state index in [9.17, 15) is 14.3 Å². The smallest absolute Gasteiger partial charge is 0.341 e. The maximum absolute atomic E-state index is 13.1. The van der Waals surface area contributed by atoms with Gasteiger partial charge in [0, 0.05) is 13.1 Å². The van der Waals surface area contributed by atoms with E-state index >= 15 is 0 Å². The van der Waals surface area contributed by atoms with E-state index < -0.39 is 17.7 Å². The summed E-state index contributed by atoms with van der Waals surface area (Å²) in [6.45, 7) is 1.06. The predicted molar refractivity (Wildman–Crippen MR) is 44.2 cm³/mol. The van der Waals surface area contributed by atoms with Gasteiger partial charge in [-0.2, -0.15) is 0 Å². The van der Waals surface area contributed by atoms with Crippen molar-refractivity contribution in [2.45, 2.75) is 24.6 Å². The van der Waals surface area contributed by atoms with Crippen LogP contribution < -0.4 is 0 Å². The highest BCUT2D eigenvalue weighted by Gasteiger charge is 2.43. The van der Waals surface area contributed by atoms with Crippen molar-refractivity contribution in [1.82, 2.24) is 4.90 Å². The first-order valence-electron chi connectivity index (χ1n) is 4.23. The molecule has 1 heterocycles. The quantitative estimate of drug-likeness (QED) is 0.638. The molecule has 2 N–H and O–H groups in total. The molecule has 0 aliphatic carbocycles. The molecule has 1 aliphatic heterocycles. The summed E-state index contributed by atoms with van der Waals surface area (Å²) in [6.07, 6.45) is -1.81. The SMILES string of the molecule is CN1CCC(O)(C(F)C(=O)O)CC1. The fraction of sp³-hybridized carbons (Fsp3) is 0.875. The molecule has 0 aromatic rings. The molecular formula is C8H14FNO3. The van der Waals surface area contributed by atoms with Crippen molar-refractivity contribution in [3.63, 3.8) is 0 Å². The van der Waals surface area contributed by atoms with Gasteiger partial charge in [-0.05, 0) is 19.9 Å². The maximum Gasteiger partial charge on any atom is 0.341 e. The van der Waals surface area contributed by atoms with Gasteiger partial charge in [0.2, 0.25) is 6.17 Å². The normalized spacial score (nSPS) is 25.5. The lowest BCUT2D eigenvalue weighted by molar-refractivity contribution is -0.158. The molecule has 4 nitrogen and oxygen atoms in total. The van der Waals surface area contributed by atoms with Crippen LogP contribution in [0.4, 0.5) is 4.39 Å². The largest absolute Gasteiger partial charge is 0.479 e. The number of hydrogen-bond acceptors (Lipinski definition) is 3. The number of aliphatic hydroxyl groups is 1. The molecule has 1 unspecified atom stereocenters. The Morgan fingerprint density at radius 3 is 2.38 bits per heavy atom. The van der Waals surface area contributed by atoms with Crippen molar-refractivity contribution in [1.29, 1.82) is 0 Å². The van der Waals surface area contributed by atoms with Gasteiger partial charge in [-0.25, -0.2) is 9.18 Å². The number of hydrogen-bond donors (Lipinski definition) is 2. The van der Waals surface area contributed by atoms with Crippen LogP contribution in [0.1, 0.15) is 12.8 Å². The van der Waals surface area contributed by atoms with Crippen LogP contribution in [0, 0.1) is 0 Å². The zero-order chi connectivity index (χ0) is 10.1. The lowest BCUT2D eigenvalue weighted by atomic mass is 9.87. The molecule has 76 valence electrons. The Morgan fingerprint density at radius 1 is 1.54 bits per heavy atom.